The maximum Gasteiger partial charge on any atom is 0.223 e. The number of carbonyl (C=O) groups is 1. The lowest BCUT2D eigenvalue weighted by Gasteiger charge is -2.27. The predicted molar refractivity (Wildman–Crippen MR) is 138 cm³/mol. The van der Waals surface area contributed by atoms with Crippen molar-refractivity contribution >= 4 is 34.4 Å². The monoisotopic (exact) mass is 508 g/mol. The fourth-order valence-corrected chi connectivity index (χ4v) is 5.80. The Hall–Kier alpha value is -3.14. The van der Waals surface area contributed by atoms with E-state index in [2.05, 4.69) is 32.3 Å². The van der Waals surface area contributed by atoms with Gasteiger partial charge in [-0.1, -0.05) is 23.8 Å². The number of nitrogens with one attached hydrogen (secondary N) is 2. The highest BCUT2D eigenvalue weighted by molar-refractivity contribution is 6.34. The van der Waals surface area contributed by atoms with Crippen molar-refractivity contribution in [3.05, 3.63) is 47.6 Å². The van der Waals surface area contributed by atoms with Crippen LogP contribution in [0.4, 0.5) is 5.69 Å². The molecule has 9 nitrogen and oxygen atoms in total. The van der Waals surface area contributed by atoms with Crippen molar-refractivity contribution in [3.8, 4) is 17.1 Å². The number of rotatable bonds is 8. The van der Waals surface area contributed by atoms with Crippen LogP contribution in [0.15, 0.2) is 42.6 Å². The summed E-state index contributed by atoms with van der Waals surface area (Å²) in [4.78, 5) is 27.0. The van der Waals surface area contributed by atoms with E-state index in [-0.39, 0.29) is 29.7 Å². The summed E-state index contributed by atoms with van der Waals surface area (Å²) in [5, 5.41) is 3.96. The molecule has 4 atom stereocenters. The van der Waals surface area contributed by atoms with Crippen molar-refractivity contribution in [1.29, 1.82) is 0 Å². The average Bonchev–Trinajstić information content (AvgIpc) is 3.62. The number of pyridine rings is 1. The molecule has 1 saturated carbocycles. The average molecular weight is 509 g/mol. The second-order valence-electron chi connectivity index (χ2n) is 9.64. The van der Waals surface area contributed by atoms with E-state index >= 15 is 0 Å². The maximum absolute atomic E-state index is 12.2. The minimum Gasteiger partial charge on any atom is -0.492 e. The largest absolute Gasteiger partial charge is 0.492 e. The number of halogens is 1. The van der Waals surface area contributed by atoms with Gasteiger partial charge in [-0.25, -0.2) is 9.97 Å². The Morgan fingerprint density at radius 1 is 1.22 bits per heavy atom. The van der Waals surface area contributed by atoms with Gasteiger partial charge in [0.2, 0.25) is 5.91 Å². The summed E-state index contributed by atoms with van der Waals surface area (Å²) in [5.41, 5.74) is 8.58. The number of allylic oxidation sites excluding steroid dienone is 1. The number of hydrogen-bond acceptors (Lipinski definition) is 7. The second-order valence-corrected chi connectivity index (χ2v) is 10.0. The molecule has 1 amide bonds. The van der Waals surface area contributed by atoms with Crippen LogP contribution in [0.3, 0.4) is 0 Å². The van der Waals surface area contributed by atoms with Crippen LogP contribution in [0.1, 0.15) is 6.42 Å². The van der Waals surface area contributed by atoms with Crippen LogP contribution in [0.2, 0.25) is 5.02 Å². The second kappa shape index (κ2) is 9.72. The van der Waals surface area contributed by atoms with Crippen molar-refractivity contribution in [2.45, 2.75) is 12.5 Å². The van der Waals surface area contributed by atoms with Gasteiger partial charge >= 0.3 is 0 Å². The number of aromatic amines is 1. The number of benzene rings is 1. The Balaban J connectivity index is 1.18. The highest BCUT2D eigenvalue weighted by Gasteiger charge is 2.47. The molecule has 2 bridgehead atoms. The summed E-state index contributed by atoms with van der Waals surface area (Å²) >= 11 is 6.55. The predicted octanol–water partition coefficient (Wildman–Crippen LogP) is 3.08. The van der Waals surface area contributed by atoms with Crippen LogP contribution in [0.5, 0.6) is 5.75 Å². The van der Waals surface area contributed by atoms with E-state index in [0.29, 0.717) is 34.3 Å². The number of primary amides is 1. The Morgan fingerprint density at radius 2 is 2.00 bits per heavy atom. The molecular formula is C26H29ClN6O3. The lowest BCUT2D eigenvalue weighted by molar-refractivity contribution is -0.122. The molecule has 2 fully saturated rings. The van der Waals surface area contributed by atoms with Crippen LogP contribution in [0.25, 0.3) is 22.6 Å². The Labute approximate surface area is 214 Å². The van der Waals surface area contributed by atoms with Crippen LogP contribution >= 0.6 is 11.6 Å². The van der Waals surface area contributed by atoms with E-state index in [4.69, 9.17) is 31.8 Å². The smallest absolute Gasteiger partial charge is 0.223 e. The number of H-pyrrole nitrogens is 1. The summed E-state index contributed by atoms with van der Waals surface area (Å²) in [5.74, 6) is 1.34. The summed E-state index contributed by atoms with van der Waals surface area (Å²) < 4.78 is 11.3. The van der Waals surface area contributed by atoms with Gasteiger partial charge in [-0.3, -0.25) is 9.69 Å². The molecule has 4 N–H and O–H groups in total. The van der Waals surface area contributed by atoms with Crippen LogP contribution in [0, 0.1) is 17.8 Å². The number of anilines is 1. The first-order valence-electron chi connectivity index (χ1n) is 12.4. The number of hydrogen-bond donors (Lipinski definition) is 3. The molecule has 2 aromatic heterocycles. The number of morpholine rings is 1. The molecule has 1 saturated heterocycles. The third-order valence-corrected chi connectivity index (χ3v) is 7.76. The van der Waals surface area contributed by atoms with Gasteiger partial charge in [-0.2, -0.15) is 0 Å². The molecule has 0 radical (unpaired) electrons. The van der Waals surface area contributed by atoms with E-state index in [1.54, 1.807) is 6.20 Å². The first-order chi connectivity index (χ1) is 17.6. The number of fused-ring (bicyclic) bond motifs is 3. The van der Waals surface area contributed by atoms with E-state index in [0.717, 1.165) is 50.6 Å². The van der Waals surface area contributed by atoms with E-state index in [1.807, 2.05) is 24.3 Å². The SMILES string of the molecule is NC(=O)[C@@H]1[C@H](Nc2c(Cl)cnc3[nH]c(-c4ccc(OCCN5CCOCC5)cc4)nc23)[C@H]2C=C[C@@H]1C2. The standard InChI is InChI=1S/C26H29ClN6O3/c27-19-14-29-26-23(22(19)30-21-17-2-1-16(13-17)20(21)24(28)34)31-25(32-26)15-3-5-18(6-4-15)36-12-9-33-7-10-35-11-8-33/h1-6,14,16-17,20-21H,7-13H2,(H2,28,34)(H2,29,30,31,32)/t16-,17+,20+,21-/m1/s1. The molecule has 1 aromatic carbocycles. The molecule has 10 heteroatoms. The fraction of sp³-hybridized carbons (Fsp3) is 0.423. The van der Waals surface area contributed by atoms with Crippen LogP contribution in [-0.4, -0.2) is 71.3 Å². The Morgan fingerprint density at radius 3 is 2.78 bits per heavy atom. The minimum absolute atomic E-state index is 0.116. The topological polar surface area (TPSA) is 118 Å². The quantitative estimate of drug-likeness (QED) is 0.400. The number of nitrogens with zero attached hydrogens (tertiary/aromatic N) is 3. The molecule has 36 heavy (non-hydrogen) atoms. The number of carbonyl (C=O) groups excluding carboxylic acids is 1. The zero-order chi connectivity index (χ0) is 24.6. The van der Waals surface area contributed by atoms with Crippen LogP contribution in [-0.2, 0) is 9.53 Å². The summed E-state index contributed by atoms with van der Waals surface area (Å²) in [7, 11) is 0. The van der Waals surface area contributed by atoms with E-state index in [9.17, 15) is 4.79 Å². The normalized spacial score (nSPS) is 25.5. The third-order valence-electron chi connectivity index (χ3n) is 7.47. The van der Waals surface area contributed by atoms with Gasteiger partial charge in [0.1, 0.15) is 23.7 Å². The van der Waals surface area contributed by atoms with Gasteiger partial charge in [0.15, 0.2) is 5.65 Å². The molecular weight excluding hydrogens is 480 g/mol. The molecule has 0 spiro atoms. The van der Waals surface area contributed by atoms with Crippen molar-refractivity contribution in [3.63, 3.8) is 0 Å². The highest BCUT2D eigenvalue weighted by Crippen LogP contribution is 2.46. The van der Waals surface area contributed by atoms with Crippen molar-refractivity contribution in [2.24, 2.45) is 23.5 Å². The lowest BCUT2D eigenvalue weighted by Crippen LogP contribution is -2.41. The third kappa shape index (κ3) is 4.42. The van der Waals surface area contributed by atoms with E-state index < -0.39 is 0 Å². The summed E-state index contributed by atoms with van der Waals surface area (Å²) in [6.07, 6.45) is 6.78. The first kappa shape index (κ1) is 23.3. The van der Waals surface area contributed by atoms with Crippen molar-refractivity contribution in [1.82, 2.24) is 19.9 Å². The molecule has 3 aromatic rings. The number of ether oxygens (including phenoxy) is 2. The molecule has 3 aliphatic rings. The number of aromatic nitrogens is 3. The molecule has 2 aliphatic carbocycles. The number of amides is 1. The van der Waals surface area contributed by atoms with Crippen LogP contribution < -0.4 is 15.8 Å². The molecule has 188 valence electrons. The zero-order valence-corrected chi connectivity index (χ0v) is 20.6. The molecule has 3 heterocycles. The summed E-state index contributed by atoms with van der Waals surface area (Å²) in [6.45, 7) is 4.98. The van der Waals surface area contributed by atoms with Gasteiger partial charge in [-0.15, -0.1) is 0 Å². The molecule has 1 aliphatic heterocycles. The number of nitrogens with two attached hydrogens (primary N) is 1. The maximum atomic E-state index is 12.2. The number of imidazole rings is 1. The zero-order valence-electron chi connectivity index (χ0n) is 19.8. The first-order valence-corrected chi connectivity index (χ1v) is 12.8. The minimum atomic E-state index is -0.291. The van der Waals surface area contributed by atoms with Crippen molar-refractivity contribution < 1.29 is 14.3 Å². The van der Waals surface area contributed by atoms with Gasteiger partial charge < -0.3 is 25.5 Å². The van der Waals surface area contributed by atoms with Gasteiger partial charge in [0.25, 0.3) is 0 Å². The molecule has 0 unspecified atom stereocenters. The van der Waals surface area contributed by atoms with E-state index in [1.165, 1.54) is 0 Å². The van der Waals surface area contributed by atoms with Gasteiger partial charge in [0, 0.05) is 31.2 Å². The fourth-order valence-electron chi connectivity index (χ4n) is 5.60. The van der Waals surface area contributed by atoms with Gasteiger partial charge in [-0.05, 0) is 42.5 Å². The van der Waals surface area contributed by atoms with Gasteiger partial charge in [0.05, 0.1) is 36.0 Å². The highest BCUT2D eigenvalue weighted by atomic mass is 35.5. The Bertz CT molecular complexity index is 1290. The lowest BCUT2D eigenvalue weighted by atomic mass is 9.88. The molecule has 6 rings (SSSR count). The summed E-state index contributed by atoms with van der Waals surface area (Å²) in [6, 6.07) is 7.72. The Kier molecular flexibility index (Phi) is 6.29. The van der Waals surface area contributed by atoms with Crippen molar-refractivity contribution in [2.75, 3.05) is 44.8 Å².